The molecule has 0 saturated heterocycles. The molecule has 0 fully saturated rings. The molecular weight excluding hydrogens is 732 g/mol. The second-order valence-corrected chi connectivity index (χ2v) is 11.5. The molecule has 55 heavy (non-hydrogen) atoms. The van der Waals surface area contributed by atoms with Crippen LogP contribution in [-0.2, 0) is 0 Å². The van der Waals surface area contributed by atoms with Crippen molar-refractivity contribution >= 4 is 40.1 Å². The van der Waals surface area contributed by atoms with Crippen LogP contribution in [0.4, 0.5) is 17.5 Å². The fourth-order valence-electron chi connectivity index (χ4n) is 5.36. The quantitative estimate of drug-likeness (QED) is 0.176. The predicted octanol–water partition coefficient (Wildman–Crippen LogP) is 5.55. The van der Waals surface area contributed by atoms with Crippen molar-refractivity contribution in [1.82, 2.24) is 48.3 Å². The van der Waals surface area contributed by atoms with Gasteiger partial charge in [0.05, 0.1) is 66.4 Å². The van der Waals surface area contributed by atoms with E-state index in [2.05, 4.69) is 35.5 Å². The zero-order chi connectivity index (χ0) is 38.9. The lowest BCUT2D eigenvalue weighted by Crippen LogP contribution is -2.00. The van der Waals surface area contributed by atoms with Gasteiger partial charge in [-0.25, -0.2) is 29.0 Å². The molecule has 18 nitrogen and oxygen atoms in total. The molecule has 8 aromatic rings. The number of nitrogens with one attached hydrogen (secondary N) is 1. The van der Waals surface area contributed by atoms with E-state index in [9.17, 15) is 0 Å². The zero-order valence-electron chi connectivity index (χ0n) is 30.6. The topological polar surface area (TPSA) is 189 Å². The average Bonchev–Trinajstić information content (AvgIpc) is 4.06. The van der Waals surface area contributed by atoms with Crippen molar-refractivity contribution in [3.05, 3.63) is 104 Å². The van der Waals surface area contributed by atoms with Gasteiger partial charge in [0.25, 0.3) is 0 Å². The number of nitrogen functional groups attached to an aromatic ring is 1. The summed E-state index contributed by atoms with van der Waals surface area (Å²) in [5.74, 6) is 5.16. The zero-order valence-corrected chi connectivity index (χ0v) is 31.4. The molecule has 0 aliphatic heterocycles. The molecule has 0 amide bonds. The number of hydrogen-bond acceptors (Lipinski definition) is 14. The number of rotatable bonds is 10. The van der Waals surface area contributed by atoms with E-state index in [1.807, 2.05) is 71.7 Å². The second kappa shape index (κ2) is 17.1. The van der Waals surface area contributed by atoms with E-state index in [4.69, 9.17) is 45.8 Å². The van der Waals surface area contributed by atoms with Gasteiger partial charge in [-0.15, -0.1) is 0 Å². The van der Waals surface area contributed by atoms with Crippen LogP contribution in [0.2, 0.25) is 5.15 Å². The maximum Gasteiger partial charge on any atom is 0.203 e. The van der Waals surface area contributed by atoms with E-state index in [1.54, 1.807) is 75.1 Å². The Morgan fingerprint density at radius 3 is 1.58 bits per heavy atom. The third-order valence-corrected chi connectivity index (χ3v) is 8.24. The molecule has 19 heteroatoms. The Morgan fingerprint density at radius 1 is 0.600 bits per heavy atom. The third-order valence-electron chi connectivity index (χ3n) is 7.95. The average molecular weight is 769 g/mol. The van der Waals surface area contributed by atoms with E-state index in [0.29, 0.717) is 57.1 Å². The highest BCUT2D eigenvalue weighted by molar-refractivity contribution is 6.32. The Labute approximate surface area is 319 Å². The first-order valence-corrected chi connectivity index (χ1v) is 16.6. The van der Waals surface area contributed by atoms with E-state index >= 15 is 0 Å². The summed E-state index contributed by atoms with van der Waals surface area (Å²) in [5.41, 5.74) is 8.94. The number of benzene rings is 2. The predicted molar refractivity (Wildman–Crippen MR) is 205 cm³/mol. The summed E-state index contributed by atoms with van der Waals surface area (Å²) >= 11 is 5.73. The van der Waals surface area contributed by atoms with Crippen molar-refractivity contribution in [1.29, 1.82) is 0 Å². The number of fused-ring (bicyclic) bond motifs is 2. The maximum atomic E-state index is 5.73. The van der Waals surface area contributed by atoms with Crippen LogP contribution in [0.25, 0.3) is 22.4 Å². The summed E-state index contributed by atoms with van der Waals surface area (Å²) in [6, 6.07) is 14.9. The number of imidazole rings is 2. The molecule has 0 bridgehead atoms. The highest BCUT2D eigenvalue weighted by Gasteiger charge is 2.16. The number of ether oxygens (including phenoxy) is 6. The van der Waals surface area contributed by atoms with Crippen molar-refractivity contribution in [2.24, 2.45) is 0 Å². The van der Waals surface area contributed by atoms with Gasteiger partial charge in [0.15, 0.2) is 34.0 Å². The number of hydrogen-bond donors (Lipinski definition) is 2. The van der Waals surface area contributed by atoms with Gasteiger partial charge in [-0.05, 0) is 24.3 Å². The SMILES string of the molecule is COc1cc(-n2cnc(N)c2)cc(OC)c1OC.COc1cc(-n2cnc(Nc3ncnn4cccc34)c2)cc(OC)c1OC.Clc1ncnn2cccc12. The fraction of sp³-hybridized carbons (Fsp3) is 0.167. The largest absolute Gasteiger partial charge is 0.493 e. The van der Waals surface area contributed by atoms with E-state index < -0.39 is 0 Å². The van der Waals surface area contributed by atoms with E-state index in [0.717, 1.165) is 22.4 Å². The van der Waals surface area contributed by atoms with Crippen LogP contribution in [0.1, 0.15) is 0 Å². The van der Waals surface area contributed by atoms with Gasteiger partial charge in [0, 0.05) is 36.7 Å². The number of halogens is 1. The molecule has 6 heterocycles. The van der Waals surface area contributed by atoms with Crippen molar-refractivity contribution in [2.45, 2.75) is 0 Å². The molecule has 0 spiro atoms. The van der Waals surface area contributed by atoms with E-state index in [1.165, 1.54) is 12.7 Å². The van der Waals surface area contributed by atoms with Gasteiger partial charge in [0.2, 0.25) is 11.5 Å². The highest BCUT2D eigenvalue weighted by atomic mass is 35.5. The molecule has 6 aromatic heterocycles. The molecule has 0 aliphatic carbocycles. The second-order valence-electron chi connectivity index (χ2n) is 11.1. The lowest BCUT2D eigenvalue weighted by Gasteiger charge is -2.14. The number of nitrogens with zero attached hydrogens (tertiary/aromatic N) is 10. The smallest absolute Gasteiger partial charge is 0.203 e. The molecular formula is C36H37ClN12O6. The van der Waals surface area contributed by atoms with Crippen LogP contribution in [0.5, 0.6) is 34.5 Å². The minimum Gasteiger partial charge on any atom is -0.493 e. The standard InChI is InChI=1S/C18H18N6O3.C12H15N3O3.C6H4ClN3/c1-25-14-7-12(8-15(26-2)17(14)27-3)23-9-16(20-11-23)22-18-13-5-4-6-24(13)21-10-19-18;1-16-9-4-8(15-6-11(13)14-7-15)5-10(17-2)12(9)18-3;7-6-5-2-1-3-10(5)9-4-8-6/h4-11H,1-3H3,(H,19,21,22);4-7H,13H2,1-3H3;1-4H. The Balaban J connectivity index is 0.000000157. The first-order chi connectivity index (χ1) is 26.8. The van der Waals surface area contributed by atoms with Gasteiger partial charge >= 0.3 is 0 Å². The van der Waals surface area contributed by atoms with Crippen LogP contribution in [0.3, 0.4) is 0 Å². The number of methoxy groups -OCH3 is 6. The minimum absolute atomic E-state index is 0.448. The van der Waals surface area contributed by atoms with Gasteiger partial charge < -0.3 is 48.6 Å². The Morgan fingerprint density at radius 2 is 1.09 bits per heavy atom. The molecule has 2 aromatic carbocycles. The summed E-state index contributed by atoms with van der Waals surface area (Å²) in [4.78, 5) is 16.5. The van der Waals surface area contributed by atoms with Crippen LogP contribution < -0.4 is 39.5 Å². The molecule has 0 saturated carbocycles. The number of anilines is 3. The summed E-state index contributed by atoms with van der Waals surface area (Å²) in [6.07, 6.45) is 13.5. The third kappa shape index (κ3) is 8.23. The lowest BCUT2D eigenvalue weighted by atomic mass is 10.2. The molecule has 3 N–H and O–H groups in total. The first kappa shape index (κ1) is 37.5. The summed E-state index contributed by atoms with van der Waals surface area (Å²) in [7, 11) is 9.45. The Kier molecular flexibility index (Phi) is 11.7. The van der Waals surface area contributed by atoms with Crippen LogP contribution in [0, 0.1) is 0 Å². The summed E-state index contributed by atoms with van der Waals surface area (Å²) in [6.45, 7) is 0. The molecule has 8 rings (SSSR count). The molecule has 0 radical (unpaired) electrons. The lowest BCUT2D eigenvalue weighted by molar-refractivity contribution is 0.324. The molecule has 0 aliphatic rings. The normalized spacial score (nSPS) is 10.5. The minimum atomic E-state index is 0.448. The van der Waals surface area contributed by atoms with Crippen molar-refractivity contribution in [3.63, 3.8) is 0 Å². The van der Waals surface area contributed by atoms with Gasteiger partial charge in [-0.3, -0.25) is 0 Å². The summed E-state index contributed by atoms with van der Waals surface area (Å²) < 4.78 is 39.0. The Bertz CT molecular complexity index is 2460. The van der Waals surface area contributed by atoms with Gasteiger partial charge in [-0.1, -0.05) is 11.6 Å². The van der Waals surface area contributed by atoms with Crippen LogP contribution >= 0.6 is 11.6 Å². The van der Waals surface area contributed by atoms with Crippen molar-refractivity contribution < 1.29 is 28.4 Å². The van der Waals surface area contributed by atoms with Crippen LogP contribution in [-0.4, -0.2) is 91.0 Å². The number of aromatic nitrogens is 10. The van der Waals surface area contributed by atoms with Gasteiger partial charge in [0.1, 0.15) is 48.0 Å². The molecule has 284 valence electrons. The first-order valence-electron chi connectivity index (χ1n) is 16.2. The monoisotopic (exact) mass is 768 g/mol. The van der Waals surface area contributed by atoms with Crippen LogP contribution in [0.15, 0.2) is 98.6 Å². The number of nitrogens with two attached hydrogens (primary N) is 1. The van der Waals surface area contributed by atoms with Gasteiger partial charge in [-0.2, -0.15) is 10.2 Å². The summed E-state index contributed by atoms with van der Waals surface area (Å²) in [5, 5.41) is 11.8. The Hall–Kier alpha value is -7.21. The molecule has 0 unspecified atom stereocenters. The molecule has 0 atom stereocenters. The highest BCUT2D eigenvalue weighted by Crippen LogP contribution is 2.40. The fourth-order valence-corrected chi connectivity index (χ4v) is 5.55. The van der Waals surface area contributed by atoms with Crippen molar-refractivity contribution in [2.75, 3.05) is 53.7 Å². The van der Waals surface area contributed by atoms with E-state index in [-0.39, 0.29) is 0 Å². The maximum absolute atomic E-state index is 5.73. The van der Waals surface area contributed by atoms with Crippen molar-refractivity contribution in [3.8, 4) is 45.9 Å².